The normalized spacial score (nSPS) is 21.1. The lowest BCUT2D eigenvalue weighted by Gasteiger charge is -2.37. The summed E-state index contributed by atoms with van der Waals surface area (Å²) in [7, 11) is 1.73. The molecule has 2 aliphatic rings. The quantitative estimate of drug-likeness (QED) is 0.706. The largest absolute Gasteiger partial charge is 0.472 e. The first-order chi connectivity index (χ1) is 16.4. The van der Waals surface area contributed by atoms with Gasteiger partial charge in [0.25, 0.3) is 11.8 Å². The number of ether oxygens (including phenoxy) is 1. The summed E-state index contributed by atoms with van der Waals surface area (Å²) in [6, 6.07) is 4.96. The molecular formula is C26H32N4O4. The molecule has 1 aliphatic carbocycles. The van der Waals surface area contributed by atoms with Crippen LogP contribution in [0.3, 0.4) is 0 Å². The molecule has 180 valence electrons. The monoisotopic (exact) mass is 464 g/mol. The number of amides is 2. The Morgan fingerprint density at radius 1 is 1.38 bits per heavy atom. The molecule has 2 aromatic rings. The van der Waals surface area contributed by atoms with Gasteiger partial charge in [-0.05, 0) is 55.5 Å². The highest BCUT2D eigenvalue weighted by molar-refractivity contribution is 5.97. The van der Waals surface area contributed by atoms with Gasteiger partial charge in [0.2, 0.25) is 5.88 Å². The standard InChI is InChI=1S/C26H32N4O4/c1-17-14-30(18(2)16-31)26(33)22-11-21(19-7-4-5-8-19)13-28-24(22)34-23(17)15-29(3)25(32)20-9-6-10-27-12-20/h6-7,9-13,17-18,23,31H,4-5,8,14-16H2,1-3H3/t17-,18+,23+/m0/s1. The minimum Gasteiger partial charge on any atom is -0.472 e. The van der Waals surface area contributed by atoms with E-state index in [9.17, 15) is 14.7 Å². The molecule has 2 amide bonds. The highest BCUT2D eigenvalue weighted by Crippen LogP contribution is 2.32. The van der Waals surface area contributed by atoms with Crippen LogP contribution in [0.5, 0.6) is 5.88 Å². The molecule has 0 aromatic carbocycles. The van der Waals surface area contributed by atoms with Crippen molar-refractivity contribution in [2.24, 2.45) is 5.92 Å². The molecule has 0 unspecified atom stereocenters. The van der Waals surface area contributed by atoms with Gasteiger partial charge in [-0.25, -0.2) is 4.98 Å². The number of allylic oxidation sites excluding steroid dienone is 2. The van der Waals surface area contributed by atoms with Gasteiger partial charge >= 0.3 is 0 Å². The lowest BCUT2D eigenvalue weighted by atomic mass is 9.99. The third-order valence-electron chi connectivity index (χ3n) is 6.64. The van der Waals surface area contributed by atoms with Crippen molar-refractivity contribution in [2.75, 3.05) is 26.7 Å². The third-order valence-corrected chi connectivity index (χ3v) is 6.64. The lowest BCUT2D eigenvalue weighted by molar-refractivity contribution is 0.0313. The van der Waals surface area contributed by atoms with Crippen LogP contribution in [0.15, 0.2) is 42.9 Å². The predicted molar refractivity (Wildman–Crippen MR) is 128 cm³/mol. The Morgan fingerprint density at radius 3 is 2.88 bits per heavy atom. The van der Waals surface area contributed by atoms with Crippen LogP contribution in [-0.2, 0) is 0 Å². The minimum absolute atomic E-state index is 0.103. The highest BCUT2D eigenvalue weighted by atomic mass is 16.5. The molecule has 0 saturated carbocycles. The molecule has 1 N–H and O–H groups in total. The highest BCUT2D eigenvalue weighted by Gasteiger charge is 2.35. The van der Waals surface area contributed by atoms with Crippen molar-refractivity contribution in [3.63, 3.8) is 0 Å². The molecule has 1 aliphatic heterocycles. The zero-order valence-electron chi connectivity index (χ0n) is 20.0. The number of carbonyl (C=O) groups is 2. The molecule has 4 rings (SSSR count). The Balaban J connectivity index is 1.65. The van der Waals surface area contributed by atoms with Crippen molar-refractivity contribution in [1.29, 1.82) is 0 Å². The Labute approximate surface area is 200 Å². The van der Waals surface area contributed by atoms with E-state index in [-0.39, 0.29) is 36.3 Å². The molecule has 0 fully saturated rings. The molecule has 3 atom stereocenters. The fourth-order valence-electron chi connectivity index (χ4n) is 4.49. The summed E-state index contributed by atoms with van der Waals surface area (Å²) >= 11 is 0. The number of hydrogen-bond acceptors (Lipinski definition) is 6. The van der Waals surface area contributed by atoms with Gasteiger partial charge in [-0.3, -0.25) is 14.6 Å². The maximum absolute atomic E-state index is 13.5. The number of rotatable bonds is 6. The van der Waals surface area contributed by atoms with Crippen LogP contribution >= 0.6 is 0 Å². The first-order valence-electron chi connectivity index (χ1n) is 11.8. The van der Waals surface area contributed by atoms with E-state index in [1.807, 2.05) is 19.9 Å². The smallest absolute Gasteiger partial charge is 0.259 e. The van der Waals surface area contributed by atoms with E-state index in [0.717, 1.165) is 24.8 Å². The van der Waals surface area contributed by atoms with E-state index in [4.69, 9.17) is 4.74 Å². The third kappa shape index (κ3) is 4.97. The number of aliphatic hydroxyl groups excluding tert-OH is 1. The predicted octanol–water partition coefficient (Wildman–Crippen LogP) is 3.04. The molecule has 3 heterocycles. The zero-order valence-corrected chi connectivity index (χ0v) is 20.0. The van der Waals surface area contributed by atoms with Gasteiger partial charge in [0.15, 0.2) is 0 Å². The van der Waals surface area contributed by atoms with E-state index in [1.54, 1.807) is 47.6 Å². The van der Waals surface area contributed by atoms with Gasteiger partial charge in [0.05, 0.1) is 24.8 Å². The van der Waals surface area contributed by atoms with Crippen molar-refractivity contribution in [2.45, 2.75) is 45.3 Å². The first-order valence-corrected chi connectivity index (χ1v) is 11.8. The summed E-state index contributed by atoms with van der Waals surface area (Å²) in [5.41, 5.74) is 3.02. The Morgan fingerprint density at radius 2 is 2.21 bits per heavy atom. The topological polar surface area (TPSA) is 95.9 Å². The second-order valence-electron chi connectivity index (χ2n) is 9.25. The van der Waals surface area contributed by atoms with E-state index in [2.05, 4.69) is 16.0 Å². The summed E-state index contributed by atoms with van der Waals surface area (Å²) in [6.45, 7) is 4.39. The van der Waals surface area contributed by atoms with Crippen molar-refractivity contribution in [3.05, 3.63) is 59.6 Å². The van der Waals surface area contributed by atoms with E-state index >= 15 is 0 Å². The van der Waals surface area contributed by atoms with Crippen molar-refractivity contribution < 1.29 is 19.4 Å². The molecule has 34 heavy (non-hydrogen) atoms. The van der Waals surface area contributed by atoms with E-state index < -0.39 is 6.10 Å². The molecule has 8 nitrogen and oxygen atoms in total. The van der Waals surface area contributed by atoms with Crippen LogP contribution in [0.25, 0.3) is 5.57 Å². The average molecular weight is 465 g/mol. The fraction of sp³-hybridized carbons (Fsp3) is 0.462. The fourth-order valence-corrected chi connectivity index (χ4v) is 4.49. The maximum atomic E-state index is 13.5. The zero-order chi connectivity index (χ0) is 24.2. The number of likely N-dealkylation sites (N-methyl/N-ethyl adjacent to an activating group) is 1. The molecule has 0 radical (unpaired) electrons. The summed E-state index contributed by atoms with van der Waals surface area (Å²) in [4.78, 5) is 38.3. The molecule has 8 heteroatoms. The summed E-state index contributed by atoms with van der Waals surface area (Å²) in [6.07, 6.45) is 9.82. The van der Waals surface area contributed by atoms with E-state index in [0.29, 0.717) is 24.2 Å². The average Bonchev–Trinajstić information content (AvgIpc) is 3.40. The number of aromatic nitrogens is 2. The minimum atomic E-state index is -0.394. The van der Waals surface area contributed by atoms with Crippen LogP contribution in [0.4, 0.5) is 0 Å². The number of nitrogens with zero attached hydrogens (tertiary/aromatic N) is 4. The first kappa shape index (κ1) is 23.9. The van der Waals surface area contributed by atoms with Crippen LogP contribution < -0.4 is 4.74 Å². The van der Waals surface area contributed by atoms with Gasteiger partial charge in [-0.1, -0.05) is 13.0 Å². The van der Waals surface area contributed by atoms with E-state index in [1.165, 1.54) is 5.57 Å². The van der Waals surface area contributed by atoms with Crippen LogP contribution in [0.2, 0.25) is 0 Å². The van der Waals surface area contributed by atoms with Crippen LogP contribution in [-0.4, -0.2) is 75.6 Å². The lowest BCUT2D eigenvalue weighted by Crippen LogP contribution is -2.50. The van der Waals surface area contributed by atoms with Gasteiger partial charge in [-0.15, -0.1) is 0 Å². The van der Waals surface area contributed by atoms with Crippen LogP contribution in [0.1, 0.15) is 59.4 Å². The Bertz CT molecular complexity index is 1070. The maximum Gasteiger partial charge on any atom is 0.259 e. The molecular weight excluding hydrogens is 432 g/mol. The van der Waals surface area contributed by atoms with Crippen molar-refractivity contribution >= 4 is 17.4 Å². The molecule has 0 spiro atoms. The number of aliphatic hydroxyl groups is 1. The summed E-state index contributed by atoms with van der Waals surface area (Å²) < 4.78 is 6.31. The Kier molecular flexibility index (Phi) is 7.26. The number of carbonyl (C=O) groups excluding carboxylic acids is 2. The second kappa shape index (κ2) is 10.3. The van der Waals surface area contributed by atoms with Crippen molar-refractivity contribution in [3.8, 4) is 5.88 Å². The van der Waals surface area contributed by atoms with Crippen molar-refractivity contribution in [1.82, 2.24) is 19.8 Å². The Hall–Kier alpha value is -3.26. The number of fused-ring (bicyclic) bond motifs is 1. The van der Waals surface area contributed by atoms with Gasteiger partial charge in [0.1, 0.15) is 11.7 Å². The number of pyridine rings is 2. The molecule has 0 saturated heterocycles. The van der Waals surface area contributed by atoms with Gasteiger partial charge in [0, 0.05) is 38.1 Å². The molecule has 0 bridgehead atoms. The van der Waals surface area contributed by atoms with Gasteiger partial charge < -0.3 is 19.6 Å². The van der Waals surface area contributed by atoms with Gasteiger partial charge in [-0.2, -0.15) is 0 Å². The summed E-state index contributed by atoms with van der Waals surface area (Å²) in [5, 5.41) is 9.83. The SMILES string of the molecule is C[C@H](CO)N1C[C@H](C)[C@@H](CN(C)C(=O)c2cccnc2)Oc2ncc(C3=CCCC3)cc2C1=O. The summed E-state index contributed by atoms with van der Waals surface area (Å²) in [5.74, 6) is -0.190. The number of hydrogen-bond donors (Lipinski definition) is 1. The molecule has 2 aromatic heterocycles. The van der Waals surface area contributed by atoms with Crippen LogP contribution in [0, 0.1) is 5.92 Å². The second-order valence-corrected chi connectivity index (χ2v) is 9.25.